The van der Waals surface area contributed by atoms with Crippen molar-refractivity contribution in [1.82, 2.24) is 18.9 Å². The first kappa shape index (κ1) is 20.2. The van der Waals surface area contributed by atoms with Gasteiger partial charge in [-0.2, -0.15) is 0 Å². The Labute approximate surface area is 176 Å². The van der Waals surface area contributed by atoms with E-state index >= 15 is 0 Å². The Kier molecular flexibility index (Phi) is 5.90. The molecule has 7 heteroatoms. The van der Waals surface area contributed by atoms with Crippen molar-refractivity contribution >= 4 is 22.9 Å². The molecule has 0 bridgehead atoms. The second-order valence-electron chi connectivity index (χ2n) is 7.68. The Morgan fingerprint density at radius 3 is 2.43 bits per heavy atom. The van der Waals surface area contributed by atoms with E-state index in [9.17, 15) is 9.59 Å². The van der Waals surface area contributed by atoms with Crippen molar-refractivity contribution in [2.75, 3.05) is 32.8 Å². The smallest absolute Gasteiger partial charge is 0.355 e. The van der Waals surface area contributed by atoms with Crippen LogP contribution < -0.4 is 0 Å². The van der Waals surface area contributed by atoms with E-state index in [1.807, 2.05) is 34.8 Å². The van der Waals surface area contributed by atoms with Gasteiger partial charge in [0.2, 0.25) is 5.91 Å². The number of benzene rings is 1. The van der Waals surface area contributed by atoms with Crippen LogP contribution >= 0.6 is 0 Å². The first-order chi connectivity index (χ1) is 14.6. The Balaban J connectivity index is 1.43. The molecule has 158 valence electrons. The molecule has 3 aromatic rings. The fraction of sp³-hybridized carbons (Fsp3) is 0.391. The number of aromatic nitrogens is 2. The zero-order valence-corrected chi connectivity index (χ0v) is 17.6. The van der Waals surface area contributed by atoms with Gasteiger partial charge in [0.05, 0.1) is 17.6 Å². The summed E-state index contributed by atoms with van der Waals surface area (Å²) in [5.41, 5.74) is 3.50. The Hall–Kier alpha value is -3.06. The molecule has 0 N–H and O–H groups in total. The summed E-state index contributed by atoms with van der Waals surface area (Å²) in [6, 6.07) is 14.1. The summed E-state index contributed by atoms with van der Waals surface area (Å²) >= 11 is 0. The highest BCUT2D eigenvalue weighted by Gasteiger charge is 2.25. The van der Waals surface area contributed by atoms with Gasteiger partial charge in [-0.05, 0) is 24.6 Å². The third-order valence-electron chi connectivity index (χ3n) is 5.71. The molecule has 0 atom stereocenters. The maximum Gasteiger partial charge on any atom is 0.355 e. The highest BCUT2D eigenvalue weighted by molar-refractivity contribution is 5.96. The molecule has 30 heavy (non-hydrogen) atoms. The summed E-state index contributed by atoms with van der Waals surface area (Å²) in [6.45, 7) is 6.20. The van der Waals surface area contributed by atoms with Gasteiger partial charge in [-0.1, -0.05) is 30.3 Å². The van der Waals surface area contributed by atoms with Crippen LogP contribution in [0.4, 0.5) is 0 Å². The average Bonchev–Trinajstić information content (AvgIpc) is 3.30. The van der Waals surface area contributed by atoms with E-state index in [1.165, 1.54) is 5.56 Å². The number of aryl methyl sites for hydroxylation is 1. The minimum Gasteiger partial charge on any atom is -0.461 e. The number of piperazine rings is 1. The highest BCUT2D eigenvalue weighted by atomic mass is 16.5. The number of rotatable bonds is 6. The summed E-state index contributed by atoms with van der Waals surface area (Å²) in [5, 5.41) is 0. The first-order valence-corrected chi connectivity index (χ1v) is 10.4. The number of nitrogens with zero attached hydrogens (tertiary/aromatic N) is 4. The predicted octanol–water partition coefficient (Wildman–Crippen LogP) is 2.50. The van der Waals surface area contributed by atoms with Gasteiger partial charge in [0, 0.05) is 46.0 Å². The van der Waals surface area contributed by atoms with Crippen LogP contribution in [0.15, 0.2) is 48.7 Å². The monoisotopic (exact) mass is 408 g/mol. The van der Waals surface area contributed by atoms with Crippen LogP contribution in [0.25, 0.3) is 11.0 Å². The molecule has 0 unspecified atom stereocenters. The maximum absolute atomic E-state index is 13.0. The molecule has 1 amide bonds. The molecule has 7 nitrogen and oxygen atoms in total. The molecule has 3 heterocycles. The summed E-state index contributed by atoms with van der Waals surface area (Å²) in [7, 11) is 1.93. The molecule has 1 aliphatic heterocycles. The van der Waals surface area contributed by atoms with Gasteiger partial charge < -0.3 is 18.8 Å². The molecule has 1 saturated heterocycles. The molecule has 0 aliphatic carbocycles. The third kappa shape index (κ3) is 4.11. The molecule has 0 saturated carbocycles. The molecular weight excluding hydrogens is 380 g/mol. The number of hydrogen-bond acceptors (Lipinski definition) is 4. The lowest BCUT2D eigenvalue weighted by atomic mass is 10.2. The quantitative estimate of drug-likeness (QED) is 0.588. The van der Waals surface area contributed by atoms with Gasteiger partial charge >= 0.3 is 5.97 Å². The lowest BCUT2D eigenvalue weighted by Gasteiger charge is -2.35. The molecule has 4 rings (SSSR count). The fourth-order valence-electron chi connectivity index (χ4n) is 4.05. The van der Waals surface area contributed by atoms with Crippen LogP contribution in [-0.4, -0.2) is 63.6 Å². The Bertz CT molecular complexity index is 1030. The normalized spacial score (nSPS) is 14.9. The lowest BCUT2D eigenvalue weighted by molar-refractivity contribution is -0.133. The van der Waals surface area contributed by atoms with Crippen LogP contribution in [0.2, 0.25) is 0 Å². The van der Waals surface area contributed by atoms with Crippen molar-refractivity contribution < 1.29 is 14.3 Å². The minimum atomic E-state index is -0.394. The number of amides is 1. The van der Waals surface area contributed by atoms with Crippen molar-refractivity contribution in [3.63, 3.8) is 0 Å². The van der Waals surface area contributed by atoms with Gasteiger partial charge in [-0.25, -0.2) is 4.79 Å². The Morgan fingerprint density at radius 1 is 1.00 bits per heavy atom. The second-order valence-corrected chi connectivity index (χ2v) is 7.68. The zero-order chi connectivity index (χ0) is 21.1. The lowest BCUT2D eigenvalue weighted by Crippen LogP contribution is -2.49. The van der Waals surface area contributed by atoms with Gasteiger partial charge in [0.25, 0.3) is 0 Å². The minimum absolute atomic E-state index is 0.0289. The second kappa shape index (κ2) is 8.75. The topological polar surface area (TPSA) is 59.7 Å². The van der Waals surface area contributed by atoms with E-state index in [1.54, 1.807) is 17.6 Å². The maximum atomic E-state index is 13.0. The summed E-state index contributed by atoms with van der Waals surface area (Å²) in [5.74, 6) is -0.365. The number of ether oxygens (including phenoxy) is 1. The van der Waals surface area contributed by atoms with Crippen LogP contribution in [-0.2, 0) is 29.7 Å². The molecule has 0 radical (unpaired) electrons. The van der Waals surface area contributed by atoms with Crippen LogP contribution in [0, 0.1) is 0 Å². The van der Waals surface area contributed by atoms with Crippen LogP contribution in [0.3, 0.4) is 0 Å². The van der Waals surface area contributed by atoms with E-state index in [2.05, 4.69) is 29.2 Å². The van der Waals surface area contributed by atoms with Crippen LogP contribution in [0.5, 0.6) is 0 Å². The van der Waals surface area contributed by atoms with Crippen molar-refractivity contribution in [3.8, 4) is 0 Å². The van der Waals surface area contributed by atoms with E-state index < -0.39 is 5.97 Å². The summed E-state index contributed by atoms with van der Waals surface area (Å²) in [4.78, 5) is 29.7. The van der Waals surface area contributed by atoms with Crippen molar-refractivity contribution in [3.05, 3.63) is 59.9 Å². The predicted molar refractivity (Wildman–Crippen MR) is 115 cm³/mol. The molecule has 0 spiro atoms. The van der Waals surface area contributed by atoms with Gasteiger partial charge in [-0.3, -0.25) is 9.69 Å². The fourth-order valence-corrected chi connectivity index (χ4v) is 4.05. The van der Waals surface area contributed by atoms with Gasteiger partial charge in [0.1, 0.15) is 12.2 Å². The van der Waals surface area contributed by atoms with E-state index in [0.29, 0.717) is 25.4 Å². The summed E-state index contributed by atoms with van der Waals surface area (Å²) in [6.07, 6.45) is 1.93. The molecule has 1 fully saturated rings. The SMILES string of the molecule is CCOC(=O)c1cc2c(ccn2C)n1CC(=O)N1CCN(Cc2ccccc2)CC1. The summed E-state index contributed by atoms with van der Waals surface area (Å²) < 4.78 is 8.93. The standard InChI is InChI=1S/C23H28N4O3/c1-3-30-23(29)21-15-20-19(9-10-24(20)2)27(21)17-22(28)26-13-11-25(12-14-26)16-18-7-5-4-6-8-18/h4-10,15H,3,11-14,16-17H2,1-2H3. The Morgan fingerprint density at radius 2 is 1.73 bits per heavy atom. The van der Waals surface area contributed by atoms with Gasteiger partial charge in [0.15, 0.2) is 0 Å². The number of hydrogen-bond donors (Lipinski definition) is 0. The third-order valence-corrected chi connectivity index (χ3v) is 5.71. The number of fused-ring (bicyclic) bond motifs is 1. The number of carbonyl (C=O) groups is 2. The number of carbonyl (C=O) groups excluding carboxylic acids is 2. The molecular formula is C23H28N4O3. The van der Waals surface area contributed by atoms with E-state index in [-0.39, 0.29) is 12.5 Å². The van der Waals surface area contributed by atoms with Crippen molar-refractivity contribution in [2.24, 2.45) is 7.05 Å². The van der Waals surface area contributed by atoms with Crippen molar-refractivity contribution in [1.29, 1.82) is 0 Å². The van der Waals surface area contributed by atoms with Crippen LogP contribution in [0.1, 0.15) is 23.0 Å². The molecule has 1 aromatic carbocycles. The highest BCUT2D eigenvalue weighted by Crippen LogP contribution is 2.22. The molecule has 2 aromatic heterocycles. The van der Waals surface area contributed by atoms with E-state index in [0.717, 1.165) is 30.7 Å². The largest absolute Gasteiger partial charge is 0.461 e. The van der Waals surface area contributed by atoms with Gasteiger partial charge in [-0.15, -0.1) is 0 Å². The zero-order valence-electron chi connectivity index (χ0n) is 17.6. The van der Waals surface area contributed by atoms with E-state index in [4.69, 9.17) is 4.74 Å². The average molecular weight is 409 g/mol. The van der Waals surface area contributed by atoms with Crippen molar-refractivity contribution in [2.45, 2.75) is 20.0 Å². The number of esters is 1. The molecule has 1 aliphatic rings. The first-order valence-electron chi connectivity index (χ1n) is 10.4.